The molecule has 1 amide bonds. The van der Waals surface area contributed by atoms with E-state index in [4.69, 9.17) is 21.7 Å². The third-order valence-corrected chi connectivity index (χ3v) is 4.15. The highest BCUT2D eigenvalue weighted by atomic mass is 79.9. The van der Waals surface area contributed by atoms with Crippen LogP contribution in [-0.4, -0.2) is 28.3 Å². The first kappa shape index (κ1) is 16.4. The van der Waals surface area contributed by atoms with Crippen molar-refractivity contribution in [1.82, 2.24) is 4.98 Å². The molecule has 1 aromatic carbocycles. The van der Waals surface area contributed by atoms with Gasteiger partial charge in [-0.1, -0.05) is 6.07 Å². The van der Waals surface area contributed by atoms with Crippen LogP contribution in [0.15, 0.2) is 46.8 Å². The van der Waals surface area contributed by atoms with E-state index in [0.29, 0.717) is 21.6 Å². The number of aromatic hydroxyl groups is 1. The number of phenolic OH excluding ortho intramolecular Hbond substituents is 1. The highest BCUT2D eigenvalue weighted by Gasteiger charge is 2.35. The van der Waals surface area contributed by atoms with Gasteiger partial charge >= 0.3 is 5.91 Å². The molecule has 24 heavy (non-hydrogen) atoms. The van der Waals surface area contributed by atoms with E-state index >= 15 is 0 Å². The van der Waals surface area contributed by atoms with Gasteiger partial charge in [0.1, 0.15) is 5.75 Å². The molecule has 0 spiro atoms. The molecule has 0 atom stereocenters. The molecule has 1 aliphatic rings. The predicted octanol–water partition coefficient (Wildman–Crippen LogP) is 3.25. The van der Waals surface area contributed by atoms with Gasteiger partial charge < -0.3 is 14.6 Å². The highest BCUT2D eigenvalue weighted by molar-refractivity contribution is 9.10. The summed E-state index contributed by atoms with van der Waals surface area (Å²) < 4.78 is 10.9. The largest absolute Gasteiger partial charge is 0.507 e. The molecular weight excluding hydrogens is 396 g/mol. The van der Waals surface area contributed by atoms with Crippen molar-refractivity contribution in [3.05, 3.63) is 52.3 Å². The standard InChI is InChI=1S/C16H11BrN2O4S/c1-22-14-5-3-10(8-18-14)19-15(21)13(23-16(19)24)7-9-2-4-12(20)11(17)6-9/h2-8,20H,1H3. The van der Waals surface area contributed by atoms with Gasteiger partial charge in [0, 0.05) is 6.07 Å². The topological polar surface area (TPSA) is 71.9 Å². The molecule has 0 aliphatic carbocycles. The van der Waals surface area contributed by atoms with Crippen LogP contribution in [0.4, 0.5) is 5.69 Å². The van der Waals surface area contributed by atoms with Crippen molar-refractivity contribution in [3.63, 3.8) is 0 Å². The van der Waals surface area contributed by atoms with Crippen molar-refractivity contribution in [3.8, 4) is 11.6 Å². The summed E-state index contributed by atoms with van der Waals surface area (Å²) in [6.45, 7) is 0. The summed E-state index contributed by atoms with van der Waals surface area (Å²) in [4.78, 5) is 17.9. The summed E-state index contributed by atoms with van der Waals surface area (Å²) >= 11 is 8.36. The summed E-state index contributed by atoms with van der Waals surface area (Å²) in [5, 5.41) is 9.54. The highest BCUT2D eigenvalue weighted by Crippen LogP contribution is 2.29. The van der Waals surface area contributed by atoms with Crippen LogP contribution in [0.25, 0.3) is 6.08 Å². The Kier molecular flexibility index (Phi) is 4.50. The molecule has 0 radical (unpaired) electrons. The third-order valence-electron chi connectivity index (χ3n) is 3.25. The number of rotatable bonds is 3. The minimum absolute atomic E-state index is 0.0241. The van der Waals surface area contributed by atoms with E-state index in [9.17, 15) is 9.90 Å². The van der Waals surface area contributed by atoms with Gasteiger partial charge in [0.25, 0.3) is 5.17 Å². The molecule has 8 heteroatoms. The van der Waals surface area contributed by atoms with E-state index in [1.807, 2.05) is 0 Å². The maximum atomic E-state index is 12.6. The van der Waals surface area contributed by atoms with Crippen LogP contribution in [0.3, 0.4) is 0 Å². The van der Waals surface area contributed by atoms with Crippen LogP contribution >= 0.6 is 28.1 Å². The summed E-state index contributed by atoms with van der Waals surface area (Å²) in [6, 6.07) is 8.13. The molecule has 1 saturated heterocycles. The van der Waals surface area contributed by atoms with Crippen LogP contribution in [-0.2, 0) is 9.53 Å². The predicted molar refractivity (Wildman–Crippen MR) is 95.7 cm³/mol. The summed E-state index contributed by atoms with van der Waals surface area (Å²) in [5.41, 5.74) is 1.17. The number of carbonyl (C=O) groups excluding carboxylic acids is 1. The number of ether oxygens (including phenoxy) is 2. The lowest BCUT2D eigenvalue weighted by atomic mass is 10.2. The minimum Gasteiger partial charge on any atom is -0.507 e. The second-order valence-electron chi connectivity index (χ2n) is 4.79. The van der Waals surface area contributed by atoms with Crippen LogP contribution in [0, 0.1) is 0 Å². The molecule has 1 N–H and O–H groups in total. The quantitative estimate of drug-likeness (QED) is 0.622. The molecule has 1 aliphatic heterocycles. The summed E-state index contributed by atoms with van der Waals surface area (Å²) in [5.74, 6) is 0.240. The van der Waals surface area contributed by atoms with Gasteiger partial charge in [0.15, 0.2) is 5.76 Å². The zero-order chi connectivity index (χ0) is 17.3. The number of halogens is 1. The van der Waals surface area contributed by atoms with Crippen LogP contribution in [0.2, 0.25) is 0 Å². The van der Waals surface area contributed by atoms with Gasteiger partial charge in [-0.25, -0.2) is 9.88 Å². The van der Waals surface area contributed by atoms with Crippen molar-refractivity contribution in [2.45, 2.75) is 0 Å². The number of thiocarbonyl (C=S) groups is 1. The fourth-order valence-corrected chi connectivity index (χ4v) is 2.75. The molecular formula is C16H11BrN2O4S. The summed E-state index contributed by atoms with van der Waals surface area (Å²) in [6.07, 6.45) is 3.03. The van der Waals surface area contributed by atoms with Crippen molar-refractivity contribution in [2.24, 2.45) is 0 Å². The van der Waals surface area contributed by atoms with Gasteiger partial charge in [0.2, 0.25) is 5.88 Å². The van der Waals surface area contributed by atoms with Gasteiger partial charge in [-0.3, -0.25) is 4.79 Å². The maximum Gasteiger partial charge on any atom is 0.301 e. The SMILES string of the molecule is COc1ccc(N2C(=O)C(=Cc3ccc(O)c(Br)c3)OC2=S)cn1. The van der Waals surface area contributed by atoms with E-state index in [-0.39, 0.29) is 16.7 Å². The first-order valence-corrected chi connectivity index (χ1v) is 7.96. The van der Waals surface area contributed by atoms with Crippen molar-refractivity contribution in [1.29, 1.82) is 0 Å². The van der Waals surface area contributed by atoms with E-state index in [1.165, 1.54) is 24.3 Å². The Balaban J connectivity index is 1.90. The minimum atomic E-state index is -0.392. The zero-order valence-electron chi connectivity index (χ0n) is 12.4. The number of benzene rings is 1. The lowest BCUT2D eigenvalue weighted by Crippen LogP contribution is -2.28. The van der Waals surface area contributed by atoms with Crippen LogP contribution < -0.4 is 9.64 Å². The normalized spacial score (nSPS) is 15.8. The fraction of sp³-hybridized carbons (Fsp3) is 0.0625. The molecule has 3 rings (SSSR count). The molecule has 1 aromatic heterocycles. The second-order valence-corrected chi connectivity index (χ2v) is 5.99. The average Bonchev–Trinajstić information content (AvgIpc) is 2.85. The number of phenols is 1. The lowest BCUT2D eigenvalue weighted by molar-refractivity contribution is -0.114. The number of methoxy groups -OCH3 is 1. The van der Waals surface area contributed by atoms with Gasteiger partial charge in [-0.15, -0.1) is 0 Å². The Morgan fingerprint density at radius 1 is 1.38 bits per heavy atom. The Labute approximate surface area is 151 Å². The van der Waals surface area contributed by atoms with Gasteiger partial charge in [-0.05, 0) is 58.0 Å². The van der Waals surface area contributed by atoms with Gasteiger partial charge in [0.05, 0.1) is 23.5 Å². The second kappa shape index (κ2) is 6.58. The molecule has 6 nitrogen and oxygen atoms in total. The zero-order valence-corrected chi connectivity index (χ0v) is 14.8. The molecule has 0 unspecified atom stereocenters. The van der Waals surface area contributed by atoms with E-state index in [1.54, 1.807) is 30.3 Å². The number of nitrogens with zero attached hydrogens (tertiary/aromatic N) is 2. The molecule has 1 fully saturated rings. The Morgan fingerprint density at radius 2 is 2.17 bits per heavy atom. The number of amides is 1. The number of carbonyl (C=O) groups is 1. The molecule has 2 aromatic rings. The number of hydrogen-bond donors (Lipinski definition) is 1. The van der Waals surface area contributed by atoms with E-state index in [2.05, 4.69) is 20.9 Å². The van der Waals surface area contributed by atoms with Crippen molar-refractivity contribution >= 4 is 51.0 Å². The molecule has 122 valence electrons. The summed E-state index contributed by atoms with van der Waals surface area (Å²) in [7, 11) is 1.51. The smallest absolute Gasteiger partial charge is 0.301 e. The first-order valence-electron chi connectivity index (χ1n) is 6.76. The Hall–Kier alpha value is -2.45. The van der Waals surface area contributed by atoms with Crippen molar-refractivity contribution < 1.29 is 19.4 Å². The maximum absolute atomic E-state index is 12.6. The molecule has 2 heterocycles. The first-order chi connectivity index (χ1) is 11.5. The lowest BCUT2D eigenvalue weighted by Gasteiger charge is -2.11. The number of anilines is 1. The van der Waals surface area contributed by atoms with Crippen LogP contribution in [0.1, 0.15) is 5.56 Å². The van der Waals surface area contributed by atoms with Gasteiger partial charge in [-0.2, -0.15) is 0 Å². The molecule has 0 bridgehead atoms. The Morgan fingerprint density at radius 3 is 2.79 bits per heavy atom. The number of pyridine rings is 1. The van der Waals surface area contributed by atoms with E-state index < -0.39 is 5.91 Å². The van der Waals surface area contributed by atoms with Crippen molar-refractivity contribution in [2.75, 3.05) is 12.0 Å². The number of hydrogen-bond acceptors (Lipinski definition) is 6. The number of aromatic nitrogens is 1. The fourth-order valence-electron chi connectivity index (χ4n) is 2.08. The third kappa shape index (κ3) is 3.10. The van der Waals surface area contributed by atoms with Crippen LogP contribution in [0.5, 0.6) is 11.6 Å². The monoisotopic (exact) mass is 406 g/mol. The molecule has 0 saturated carbocycles. The Bertz CT molecular complexity index is 852. The average molecular weight is 407 g/mol. The van der Waals surface area contributed by atoms with E-state index in [0.717, 1.165) is 0 Å².